The van der Waals surface area contributed by atoms with Gasteiger partial charge in [0.15, 0.2) is 0 Å². The smallest absolute Gasteiger partial charge is 0.0733 e. The van der Waals surface area contributed by atoms with Gasteiger partial charge in [-0.1, -0.05) is 11.6 Å². The van der Waals surface area contributed by atoms with Gasteiger partial charge in [-0.15, -0.1) is 0 Å². The van der Waals surface area contributed by atoms with E-state index in [0.717, 1.165) is 16.3 Å². The van der Waals surface area contributed by atoms with Crippen LogP contribution in [0.15, 0.2) is 18.2 Å². The number of hydrogen-bond acceptors (Lipinski definition) is 2. The zero-order chi connectivity index (χ0) is 8.97. The highest BCUT2D eigenvalue weighted by Gasteiger charge is 2.00. The molecule has 2 nitrogen and oxygen atoms in total. The highest BCUT2D eigenvalue weighted by molar-refractivity contribution is 6.30. The van der Waals surface area contributed by atoms with Crippen molar-refractivity contribution in [3.63, 3.8) is 0 Å². The van der Waals surface area contributed by atoms with Crippen molar-refractivity contribution in [2.45, 2.75) is 6.61 Å². The van der Waals surface area contributed by atoms with Gasteiger partial charge < -0.3 is 10.1 Å². The molecule has 3 heteroatoms. The maximum atomic E-state index is 5.83. The van der Waals surface area contributed by atoms with Gasteiger partial charge in [-0.25, -0.2) is 0 Å². The maximum absolute atomic E-state index is 5.83. The summed E-state index contributed by atoms with van der Waals surface area (Å²) in [7, 11) is 3.54. The highest BCUT2D eigenvalue weighted by Crippen LogP contribution is 2.20. The molecule has 1 rings (SSSR count). The molecule has 0 saturated carbocycles. The van der Waals surface area contributed by atoms with Crippen LogP contribution in [0.1, 0.15) is 5.56 Å². The monoisotopic (exact) mass is 185 g/mol. The van der Waals surface area contributed by atoms with Gasteiger partial charge in [0.25, 0.3) is 0 Å². The summed E-state index contributed by atoms with van der Waals surface area (Å²) in [6, 6.07) is 5.69. The second kappa shape index (κ2) is 4.33. The van der Waals surface area contributed by atoms with Crippen LogP contribution in [0.2, 0.25) is 5.02 Å². The number of anilines is 1. The quantitative estimate of drug-likeness (QED) is 0.782. The van der Waals surface area contributed by atoms with E-state index in [-0.39, 0.29) is 0 Å². The van der Waals surface area contributed by atoms with Crippen LogP contribution in [0.5, 0.6) is 0 Å². The van der Waals surface area contributed by atoms with Gasteiger partial charge in [0.05, 0.1) is 6.61 Å². The minimum absolute atomic E-state index is 0.580. The van der Waals surface area contributed by atoms with Crippen LogP contribution < -0.4 is 5.32 Å². The van der Waals surface area contributed by atoms with Crippen LogP contribution in [0.3, 0.4) is 0 Å². The van der Waals surface area contributed by atoms with Crippen LogP contribution in [0.25, 0.3) is 0 Å². The second-order valence-electron chi connectivity index (χ2n) is 2.48. The van der Waals surface area contributed by atoms with Crippen LogP contribution >= 0.6 is 11.6 Å². The first-order chi connectivity index (χ1) is 5.77. The van der Waals surface area contributed by atoms with Crippen LogP contribution in [0.4, 0.5) is 5.69 Å². The Balaban J connectivity index is 2.95. The molecule has 0 unspecified atom stereocenters. The molecular formula is C9H12ClNO. The number of benzene rings is 1. The number of methoxy groups -OCH3 is 1. The SMILES string of the molecule is CNc1ccc(Cl)cc1COC. The van der Waals surface area contributed by atoms with Gasteiger partial charge in [0.2, 0.25) is 0 Å². The van der Waals surface area contributed by atoms with Gasteiger partial charge in [-0.05, 0) is 18.2 Å². The zero-order valence-electron chi connectivity index (χ0n) is 7.23. The zero-order valence-corrected chi connectivity index (χ0v) is 7.98. The molecule has 0 aromatic heterocycles. The number of halogens is 1. The second-order valence-corrected chi connectivity index (χ2v) is 2.92. The van der Waals surface area contributed by atoms with Crippen molar-refractivity contribution in [3.05, 3.63) is 28.8 Å². The molecular weight excluding hydrogens is 174 g/mol. The van der Waals surface area contributed by atoms with Crippen molar-refractivity contribution in [1.29, 1.82) is 0 Å². The fourth-order valence-corrected chi connectivity index (χ4v) is 1.28. The molecule has 0 bridgehead atoms. The molecule has 0 amide bonds. The van der Waals surface area contributed by atoms with E-state index in [4.69, 9.17) is 16.3 Å². The van der Waals surface area contributed by atoms with Crippen molar-refractivity contribution in [2.24, 2.45) is 0 Å². The predicted molar refractivity (Wildman–Crippen MR) is 51.7 cm³/mol. The van der Waals surface area contributed by atoms with Crippen molar-refractivity contribution in [3.8, 4) is 0 Å². The first kappa shape index (κ1) is 9.36. The molecule has 0 saturated heterocycles. The standard InChI is InChI=1S/C9H12ClNO/c1-11-9-4-3-8(10)5-7(9)6-12-2/h3-5,11H,6H2,1-2H3. The number of hydrogen-bond donors (Lipinski definition) is 1. The number of nitrogens with one attached hydrogen (secondary N) is 1. The molecule has 1 N–H and O–H groups in total. The van der Waals surface area contributed by atoms with Gasteiger partial charge >= 0.3 is 0 Å². The lowest BCUT2D eigenvalue weighted by Gasteiger charge is -2.07. The van der Waals surface area contributed by atoms with E-state index >= 15 is 0 Å². The van der Waals surface area contributed by atoms with Gasteiger partial charge in [-0.2, -0.15) is 0 Å². The topological polar surface area (TPSA) is 21.3 Å². The summed E-state index contributed by atoms with van der Waals surface area (Å²) in [6.07, 6.45) is 0. The summed E-state index contributed by atoms with van der Waals surface area (Å²) in [5.41, 5.74) is 2.13. The molecule has 12 heavy (non-hydrogen) atoms. The Morgan fingerprint density at radius 2 is 2.25 bits per heavy atom. The Kier molecular flexibility index (Phi) is 3.38. The average molecular weight is 186 g/mol. The molecule has 0 spiro atoms. The predicted octanol–water partition coefficient (Wildman–Crippen LogP) is 2.53. The summed E-state index contributed by atoms with van der Waals surface area (Å²) in [5, 5.41) is 3.81. The largest absolute Gasteiger partial charge is 0.388 e. The molecule has 1 aromatic carbocycles. The highest BCUT2D eigenvalue weighted by atomic mass is 35.5. The molecule has 0 fully saturated rings. The van der Waals surface area contributed by atoms with Crippen molar-refractivity contribution in [2.75, 3.05) is 19.5 Å². The molecule has 0 atom stereocenters. The lowest BCUT2D eigenvalue weighted by Crippen LogP contribution is -1.96. The van der Waals surface area contributed by atoms with Crippen LogP contribution in [-0.4, -0.2) is 14.2 Å². The normalized spacial score (nSPS) is 9.92. The Labute approximate surface area is 77.5 Å². The maximum Gasteiger partial charge on any atom is 0.0733 e. The van der Waals surface area contributed by atoms with E-state index in [0.29, 0.717) is 6.61 Å². The molecule has 1 aromatic rings. The first-order valence-electron chi connectivity index (χ1n) is 3.73. The first-order valence-corrected chi connectivity index (χ1v) is 4.11. The Morgan fingerprint density at radius 3 is 2.83 bits per heavy atom. The lowest BCUT2D eigenvalue weighted by molar-refractivity contribution is 0.185. The Bertz CT molecular complexity index is 263. The summed E-state index contributed by atoms with van der Waals surface area (Å²) in [5.74, 6) is 0. The van der Waals surface area contributed by atoms with Crippen molar-refractivity contribution < 1.29 is 4.74 Å². The summed E-state index contributed by atoms with van der Waals surface area (Å²) in [6.45, 7) is 0.580. The van der Waals surface area contributed by atoms with Crippen molar-refractivity contribution in [1.82, 2.24) is 0 Å². The van der Waals surface area contributed by atoms with Crippen molar-refractivity contribution >= 4 is 17.3 Å². The fraction of sp³-hybridized carbons (Fsp3) is 0.333. The summed E-state index contributed by atoms with van der Waals surface area (Å²) in [4.78, 5) is 0. The van der Waals surface area contributed by atoms with Gasteiger partial charge in [0, 0.05) is 30.4 Å². The third kappa shape index (κ3) is 2.13. The van der Waals surface area contributed by atoms with Crippen LogP contribution in [-0.2, 0) is 11.3 Å². The number of ether oxygens (including phenoxy) is 1. The number of rotatable bonds is 3. The molecule has 66 valence electrons. The fourth-order valence-electron chi connectivity index (χ4n) is 1.08. The minimum atomic E-state index is 0.580. The van der Waals surface area contributed by atoms with Gasteiger partial charge in [0.1, 0.15) is 0 Å². The van der Waals surface area contributed by atoms with Gasteiger partial charge in [-0.3, -0.25) is 0 Å². The average Bonchev–Trinajstić information content (AvgIpc) is 2.05. The molecule has 0 aliphatic carbocycles. The Morgan fingerprint density at radius 1 is 1.50 bits per heavy atom. The van der Waals surface area contributed by atoms with E-state index in [1.165, 1.54) is 0 Å². The molecule has 0 aliphatic rings. The summed E-state index contributed by atoms with van der Waals surface area (Å²) < 4.78 is 5.03. The van der Waals surface area contributed by atoms with E-state index < -0.39 is 0 Å². The third-order valence-electron chi connectivity index (χ3n) is 1.64. The Hall–Kier alpha value is -0.730. The molecule has 0 heterocycles. The lowest BCUT2D eigenvalue weighted by atomic mass is 10.2. The van der Waals surface area contributed by atoms with Crippen LogP contribution in [0, 0.1) is 0 Å². The van der Waals surface area contributed by atoms with E-state index in [1.807, 2.05) is 25.2 Å². The minimum Gasteiger partial charge on any atom is -0.388 e. The molecule has 0 aliphatic heterocycles. The van der Waals surface area contributed by atoms with E-state index in [9.17, 15) is 0 Å². The van der Waals surface area contributed by atoms with E-state index in [1.54, 1.807) is 7.11 Å². The molecule has 0 radical (unpaired) electrons. The summed E-state index contributed by atoms with van der Waals surface area (Å²) >= 11 is 5.83. The van der Waals surface area contributed by atoms with E-state index in [2.05, 4.69) is 5.32 Å². The third-order valence-corrected chi connectivity index (χ3v) is 1.87.